The van der Waals surface area contributed by atoms with Crippen LogP contribution in [0.4, 0.5) is 0 Å². The summed E-state index contributed by atoms with van der Waals surface area (Å²) in [7, 11) is 0. The Morgan fingerprint density at radius 3 is 2.17 bits per heavy atom. The average Bonchev–Trinajstić information content (AvgIpc) is 3.31. The second kappa shape index (κ2) is 6.17. The van der Waals surface area contributed by atoms with Crippen LogP contribution in [-0.2, 0) is 5.41 Å². The third kappa shape index (κ3) is 2.34. The number of hydrogen-bond acceptors (Lipinski definition) is 1. The largest absolute Gasteiger partial charge is 0.292 e. The van der Waals surface area contributed by atoms with Crippen LogP contribution in [0, 0.1) is 0 Å². The Morgan fingerprint density at radius 2 is 1.43 bits per heavy atom. The first-order chi connectivity index (χ1) is 19.6. The Morgan fingerprint density at radius 1 is 0.733 bits per heavy atom. The van der Waals surface area contributed by atoms with E-state index in [9.17, 15) is 0 Å². The van der Waals surface area contributed by atoms with Crippen LogP contribution < -0.4 is 0 Å². The second-order valence-electron chi connectivity index (χ2n) is 7.65. The third-order valence-electron chi connectivity index (χ3n) is 5.60. The molecule has 1 aliphatic rings. The van der Waals surface area contributed by atoms with Crippen LogP contribution in [0.15, 0.2) is 96.8 Å². The lowest BCUT2D eigenvalue weighted by Crippen LogP contribution is -2.26. The Kier molecular flexibility index (Phi) is 1.85. The number of fused-ring (bicyclic) bond motifs is 2. The maximum atomic E-state index is 8.85. The van der Waals surface area contributed by atoms with Gasteiger partial charge in [0.25, 0.3) is 0 Å². The fraction of sp³-hybridized carbons (Fsp3) is 0.107. The molecule has 30 heavy (non-hydrogen) atoms. The number of rotatable bonds is 2. The minimum absolute atomic E-state index is 0.00681. The zero-order chi connectivity index (χ0) is 30.7. The van der Waals surface area contributed by atoms with Crippen molar-refractivity contribution in [2.45, 2.75) is 19.3 Å². The zero-order valence-corrected chi connectivity index (χ0v) is 16.2. The van der Waals surface area contributed by atoms with E-state index in [1.807, 2.05) is 13.8 Å². The molecule has 4 aromatic carbocycles. The number of aromatic nitrogens is 2. The lowest BCUT2D eigenvalue weighted by molar-refractivity contribution is 0.629. The molecule has 0 saturated heterocycles. The van der Waals surface area contributed by atoms with Gasteiger partial charge in [0.15, 0.2) is 0 Å². The molecule has 1 aromatic heterocycles. The number of nitrogens with zero attached hydrogens (tertiary/aromatic N) is 2. The van der Waals surface area contributed by atoms with E-state index in [0.29, 0.717) is 33.4 Å². The van der Waals surface area contributed by atoms with Crippen molar-refractivity contribution in [1.82, 2.24) is 9.55 Å². The summed E-state index contributed by atoms with van der Waals surface area (Å²) in [5, 5.41) is 0. The summed E-state index contributed by atoms with van der Waals surface area (Å²) in [6, 6.07) is 1.52. The Hall–Kier alpha value is -3.65. The van der Waals surface area contributed by atoms with Crippen molar-refractivity contribution in [3.05, 3.63) is 108 Å². The molecule has 6 rings (SSSR count). The van der Waals surface area contributed by atoms with Gasteiger partial charge >= 0.3 is 0 Å². The van der Waals surface area contributed by atoms with Gasteiger partial charge < -0.3 is 0 Å². The Labute approximate surface area is 193 Å². The standard InChI is InChI=1S/C28H22N2/c1-28(2)22-14-9-15-24-26(22)30(27(29-24)20-12-7-4-8-13-20)25-17-16-21(18-23(25)28)19-10-5-3-6-11-19/h3-18H,1-2H3/i3D,4D,5D,6D,7D,8D,9D,10D,11D,12D,13D,14D. The van der Waals surface area contributed by atoms with Gasteiger partial charge in [-0.25, -0.2) is 4.98 Å². The predicted octanol–water partition coefficient (Wildman–Crippen LogP) is 7.00. The first-order valence-electron chi connectivity index (χ1n) is 15.4. The van der Waals surface area contributed by atoms with Gasteiger partial charge in [-0.05, 0) is 40.5 Å². The van der Waals surface area contributed by atoms with Crippen LogP contribution >= 0.6 is 0 Å². The number of imidazole rings is 1. The lowest BCUT2D eigenvalue weighted by atomic mass is 9.74. The van der Waals surface area contributed by atoms with E-state index in [4.69, 9.17) is 16.4 Å². The van der Waals surface area contributed by atoms with Crippen molar-refractivity contribution in [2.24, 2.45) is 0 Å². The van der Waals surface area contributed by atoms with Crippen molar-refractivity contribution < 1.29 is 16.4 Å². The van der Waals surface area contributed by atoms with E-state index < -0.39 is 53.8 Å². The predicted molar refractivity (Wildman–Crippen MR) is 124 cm³/mol. The molecule has 0 N–H and O–H groups in total. The van der Waals surface area contributed by atoms with Gasteiger partial charge in [-0.3, -0.25) is 4.57 Å². The molecule has 0 saturated carbocycles. The summed E-state index contributed by atoms with van der Waals surface area (Å²) in [5.41, 5.74) is 1.59. The number of para-hydroxylation sites is 1. The van der Waals surface area contributed by atoms with E-state index in [1.165, 1.54) is 6.07 Å². The molecule has 1 aliphatic heterocycles. The smallest absolute Gasteiger partial charge is 0.145 e. The Balaban J connectivity index is 1.76. The molecule has 0 bridgehead atoms. The van der Waals surface area contributed by atoms with Crippen molar-refractivity contribution >= 4 is 11.0 Å². The molecular formula is C28H22N2. The highest BCUT2D eigenvalue weighted by molar-refractivity contribution is 5.90. The Bertz CT molecular complexity index is 1990. The normalized spacial score (nSPS) is 19.5. The van der Waals surface area contributed by atoms with Gasteiger partial charge in [-0.1, -0.05) is 92.4 Å². The maximum absolute atomic E-state index is 8.85. The molecule has 0 aliphatic carbocycles. The molecule has 144 valence electrons. The molecule has 2 heteroatoms. The topological polar surface area (TPSA) is 17.8 Å². The molecule has 0 spiro atoms. The quantitative estimate of drug-likeness (QED) is 0.313. The van der Waals surface area contributed by atoms with Crippen molar-refractivity contribution in [2.75, 3.05) is 0 Å². The highest BCUT2D eigenvalue weighted by atomic mass is 15.1. The van der Waals surface area contributed by atoms with Crippen molar-refractivity contribution in [3.8, 4) is 28.2 Å². The fourth-order valence-corrected chi connectivity index (χ4v) is 4.15. The molecule has 0 amide bonds. The molecule has 5 aromatic rings. The lowest BCUT2D eigenvalue weighted by Gasteiger charge is -2.35. The third-order valence-corrected chi connectivity index (χ3v) is 5.60. The monoisotopic (exact) mass is 398 g/mol. The molecule has 2 nitrogen and oxygen atoms in total. The van der Waals surface area contributed by atoms with E-state index in [1.54, 1.807) is 22.8 Å². The van der Waals surface area contributed by atoms with Crippen LogP contribution in [-0.4, -0.2) is 9.55 Å². The van der Waals surface area contributed by atoms with Gasteiger partial charge in [0.1, 0.15) is 5.82 Å². The molecule has 2 heterocycles. The van der Waals surface area contributed by atoms with Crippen LogP contribution in [0.5, 0.6) is 0 Å². The molecule has 0 unspecified atom stereocenters. The summed E-state index contributed by atoms with van der Waals surface area (Å²) >= 11 is 0. The van der Waals surface area contributed by atoms with Gasteiger partial charge in [0, 0.05) is 11.0 Å². The zero-order valence-electron chi connectivity index (χ0n) is 28.2. The SMILES string of the molecule is [2H]c1cc2nc(-c3c([2H])c([2H])c([2H])c([2H])c3[2H])n3c2c(c1[2H])C(C)(C)c1cc(-c2c([2H])c([2H])c([2H])c([2H])c2[2H])ccc1-3. The summed E-state index contributed by atoms with van der Waals surface area (Å²) in [6.07, 6.45) is 0. The first-order valence-corrected chi connectivity index (χ1v) is 9.43. The summed E-state index contributed by atoms with van der Waals surface area (Å²) < 4.78 is 102. The van der Waals surface area contributed by atoms with Crippen LogP contribution in [0.25, 0.3) is 39.2 Å². The van der Waals surface area contributed by atoms with Crippen LogP contribution in [0.1, 0.15) is 41.4 Å². The summed E-state index contributed by atoms with van der Waals surface area (Å²) in [6.45, 7) is 3.70. The fourth-order valence-electron chi connectivity index (χ4n) is 4.15. The van der Waals surface area contributed by atoms with Crippen LogP contribution in [0.3, 0.4) is 0 Å². The second-order valence-corrected chi connectivity index (χ2v) is 7.65. The summed E-state index contributed by atoms with van der Waals surface area (Å²) in [5.74, 6) is 0.0422. The van der Waals surface area contributed by atoms with E-state index in [0.717, 1.165) is 0 Å². The van der Waals surface area contributed by atoms with Gasteiger partial charge in [-0.2, -0.15) is 0 Å². The average molecular weight is 399 g/mol. The van der Waals surface area contributed by atoms with E-state index in [-0.39, 0.29) is 41.1 Å². The highest BCUT2D eigenvalue weighted by Crippen LogP contribution is 2.46. The van der Waals surface area contributed by atoms with Crippen LogP contribution in [0.2, 0.25) is 0 Å². The molecule has 0 radical (unpaired) electrons. The van der Waals surface area contributed by atoms with Crippen molar-refractivity contribution in [1.29, 1.82) is 0 Å². The number of hydrogen-bond donors (Lipinski definition) is 0. The minimum atomic E-state index is -0.932. The van der Waals surface area contributed by atoms with Gasteiger partial charge in [0.2, 0.25) is 0 Å². The van der Waals surface area contributed by atoms with E-state index >= 15 is 0 Å². The molecular weight excluding hydrogens is 364 g/mol. The molecule has 0 atom stereocenters. The minimum Gasteiger partial charge on any atom is -0.292 e. The summed E-state index contributed by atoms with van der Waals surface area (Å²) in [4.78, 5) is 4.66. The van der Waals surface area contributed by atoms with E-state index in [2.05, 4.69) is 4.98 Å². The first kappa shape index (κ1) is 9.01. The van der Waals surface area contributed by atoms with Gasteiger partial charge in [0.05, 0.1) is 33.2 Å². The molecule has 0 fully saturated rings. The highest BCUT2D eigenvalue weighted by Gasteiger charge is 2.35. The van der Waals surface area contributed by atoms with Gasteiger partial charge in [-0.15, -0.1) is 0 Å². The van der Waals surface area contributed by atoms with Crippen molar-refractivity contribution in [3.63, 3.8) is 0 Å². The number of benzene rings is 4. The maximum Gasteiger partial charge on any atom is 0.145 e.